The van der Waals surface area contributed by atoms with Crippen molar-refractivity contribution >= 4 is 33.3 Å². The first kappa shape index (κ1) is 18.7. The van der Waals surface area contributed by atoms with Gasteiger partial charge in [0, 0.05) is 19.1 Å². The lowest BCUT2D eigenvalue weighted by atomic mass is 9.94. The zero-order valence-electron chi connectivity index (χ0n) is 16.5. The fraction of sp³-hybridized carbons (Fsp3) is 0.667. The summed E-state index contributed by atoms with van der Waals surface area (Å²) in [6, 6.07) is 0.863. The van der Waals surface area contributed by atoms with E-state index >= 15 is 0 Å². The van der Waals surface area contributed by atoms with E-state index in [0.717, 1.165) is 39.3 Å². The summed E-state index contributed by atoms with van der Waals surface area (Å²) in [5.74, 6) is 1.05. The van der Waals surface area contributed by atoms with Crippen LogP contribution in [0.4, 0.5) is 5.82 Å². The summed E-state index contributed by atoms with van der Waals surface area (Å²) >= 11 is 1.51. The third-order valence-corrected chi connectivity index (χ3v) is 7.51. The molecule has 0 radical (unpaired) electrons. The van der Waals surface area contributed by atoms with Gasteiger partial charge in [-0.25, -0.2) is 9.97 Å². The van der Waals surface area contributed by atoms with Crippen LogP contribution in [0.2, 0.25) is 0 Å². The Bertz CT molecular complexity index is 806. The van der Waals surface area contributed by atoms with E-state index in [2.05, 4.69) is 34.2 Å². The van der Waals surface area contributed by atoms with Gasteiger partial charge in [0.2, 0.25) is 0 Å². The minimum absolute atomic E-state index is 0.0636. The van der Waals surface area contributed by atoms with Gasteiger partial charge in [0.25, 0.3) is 5.91 Å². The quantitative estimate of drug-likeness (QED) is 0.817. The highest BCUT2D eigenvalue weighted by Crippen LogP contribution is 2.36. The molecule has 1 amide bonds. The van der Waals surface area contributed by atoms with Crippen LogP contribution < -0.4 is 10.2 Å². The first-order chi connectivity index (χ1) is 13.1. The summed E-state index contributed by atoms with van der Waals surface area (Å²) in [7, 11) is 2.15. The van der Waals surface area contributed by atoms with E-state index in [1.54, 1.807) is 6.33 Å². The van der Waals surface area contributed by atoms with Gasteiger partial charge in [-0.3, -0.25) is 4.79 Å². The summed E-state index contributed by atoms with van der Waals surface area (Å²) in [4.78, 5) is 26.1. The second-order valence-corrected chi connectivity index (χ2v) is 9.14. The van der Waals surface area contributed by atoms with Gasteiger partial charge >= 0.3 is 0 Å². The number of aromatic nitrogens is 2. The van der Waals surface area contributed by atoms with Gasteiger partial charge in [-0.2, -0.15) is 0 Å². The van der Waals surface area contributed by atoms with Gasteiger partial charge in [-0.15, -0.1) is 11.3 Å². The third-order valence-electron chi connectivity index (χ3n) is 6.31. The van der Waals surface area contributed by atoms with Crippen molar-refractivity contribution in [3.05, 3.63) is 16.8 Å². The van der Waals surface area contributed by atoms with Crippen LogP contribution in [0.25, 0.3) is 10.2 Å². The maximum Gasteiger partial charge on any atom is 0.261 e. The summed E-state index contributed by atoms with van der Waals surface area (Å²) in [5, 5.41) is 4.32. The number of fused-ring (bicyclic) bond motifs is 1. The smallest absolute Gasteiger partial charge is 0.261 e. The second kappa shape index (κ2) is 8.13. The van der Waals surface area contributed by atoms with Crippen molar-refractivity contribution in [2.24, 2.45) is 0 Å². The second-order valence-electron chi connectivity index (χ2n) is 8.14. The Morgan fingerprint density at radius 2 is 1.74 bits per heavy atom. The number of aryl methyl sites for hydroxylation is 1. The number of rotatable bonds is 4. The van der Waals surface area contributed by atoms with Crippen LogP contribution in [-0.4, -0.2) is 35.0 Å². The predicted molar refractivity (Wildman–Crippen MR) is 112 cm³/mol. The van der Waals surface area contributed by atoms with Gasteiger partial charge in [0.05, 0.1) is 10.3 Å². The van der Waals surface area contributed by atoms with Gasteiger partial charge in [0.15, 0.2) is 0 Å². The molecule has 2 aliphatic carbocycles. The lowest BCUT2D eigenvalue weighted by Crippen LogP contribution is -2.36. The van der Waals surface area contributed by atoms with Crippen LogP contribution in [0.5, 0.6) is 0 Å². The molecule has 27 heavy (non-hydrogen) atoms. The molecule has 4 rings (SSSR count). The van der Waals surface area contributed by atoms with Gasteiger partial charge in [0.1, 0.15) is 17.0 Å². The number of anilines is 1. The van der Waals surface area contributed by atoms with Crippen molar-refractivity contribution < 1.29 is 4.79 Å². The average Bonchev–Trinajstić information content (AvgIpc) is 3.06. The Morgan fingerprint density at radius 1 is 1.07 bits per heavy atom. The number of nitrogens with one attached hydrogen (secondary N) is 1. The zero-order chi connectivity index (χ0) is 18.8. The molecule has 5 nitrogen and oxygen atoms in total. The fourth-order valence-electron chi connectivity index (χ4n) is 4.68. The number of hydrogen-bond donors (Lipinski definition) is 1. The van der Waals surface area contributed by atoms with E-state index in [1.165, 1.54) is 62.7 Å². The monoisotopic (exact) mass is 386 g/mol. The molecule has 0 aliphatic heterocycles. The van der Waals surface area contributed by atoms with E-state index in [9.17, 15) is 4.79 Å². The lowest BCUT2D eigenvalue weighted by molar-refractivity contribution is 0.0931. The first-order valence-electron chi connectivity index (χ1n) is 10.4. The third kappa shape index (κ3) is 3.82. The summed E-state index contributed by atoms with van der Waals surface area (Å²) in [6.45, 7) is 2.05. The van der Waals surface area contributed by atoms with Crippen molar-refractivity contribution in [3.8, 4) is 0 Å². The Balaban J connectivity index is 1.62. The molecule has 2 aromatic rings. The standard InChI is InChI=1S/C21H30N4OS/c1-14-17-19(25(2)16-11-7-4-8-12-16)22-13-23-21(17)27-18(14)20(26)24-15-9-5-3-6-10-15/h13,15-16H,3-12H2,1-2H3,(H,24,26). The van der Waals surface area contributed by atoms with Gasteiger partial charge in [-0.05, 0) is 38.2 Å². The first-order valence-corrected chi connectivity index (χ1v) is 11.2. The maximum absolute atomic E-state index is 12.9. The van der Waals surface area contributed by atoms with Crippen molar-refractivity contribution in [3.63, 3.8) is 0 Å². The molecule has 2 aromatic heterocycles. The molecule has 6 heteroatoms. The largest absolute Gasteiger partial charge is 0.356 e. The summed E-state index contributed by atoms with van der Waals surface area (Å²) in [5.41, 5.74) is 1.03. The summed E-state index contributed by atoms with van der Waals surface area (Å²) < 4.78 is 0. The number of carbonyl (C=O) groups excluding carboxylic acids is 1. The molecule has 0 atom stereocenters. The molecule has 1 N–H and O–H groups in total. The molecular weight excluding hydrogens is 356 g/mol. The molecule has 0 aromatic carbocycles. The number of nitrogens with zero attached hydrogens (tertiary/aromatic N) is 3. The molecule has 0 spiro atoms. The van der Waals surface area contributed by atoms with E-state index in [-0.39, 0.29) is 5.91 Å². The molecule has 2 fully saturated rings. The molecule has 0 unspecified atom stereocenters. The zero-order valence-corrected chi connectivity index (χ0v) is 17.3. The fourth-order valence-corrected chi connectivity index (χ4v) is 5.72. The van der Waals surface area contributed by atoms with Crippen molar-refractivity contribution in [1.82, 2.24) is 15.3 Å². The highest BCUT2D eigenvalue weighted by atomic mass is 32.1. The van der Waals surface area contributed by atoms with E-state index in [4.69, 9.17) is 0 Å². The van der Waals surface area contributed by atoms with Crippen molar-refractivity contribution in [2.75, 3.05) is 11.9 Å². The van der Waals surface area contributed by atoms with Crippen LogP contribution >= 0.6 is 11.3 Å². The lowest BCUT2D eigenvalue weighted by Gasteiger charge is -2.32. The number of carbonyl (C=O) groups is 1. The van der Waals surface area contributed by atoms with E-state index < -0.39 is 0 Å². The Labute approximate surface area is 165 Å². The minimum atomic E-state index is 0.0636. The number of thiophene rings is 1. The Hall–Kier alpha value is -1.69. The van der Waals surface area contributed by atoms with E-state index in [1.807, 2.05) is 0 Å². The molecule has 0 saturated heterocycles. The molecule has 2 heterocycles. The number of hydrogen-bond acceptors (Lipinski definition) is 5. The maximum atomic E-state index is 12.9. The van der Waals surface area contributed by atoms with Crippen molar-refractivity contribution in [2.45, 2.75) is 83.2 Å². The molecular formula is C21H30N4OS. The van der Waals surface area contributed by atoms with E-state index in [0.29, 0.717) is 12.1 Å². The topological polar surface area (TPSA) is 58.1 Å². The van der Waals surface area contributed by atoms with Crippen LogP contribution in [0.15, 0.2) is 6.33 Å². The van der Waals surface area contributed by atoms with Crippen LogP contribution in [0, 0.1) is 6.92 Å². The van der Waals surface area contributed by atoms with Gasteiger partial charge < -0.3 is 10.2 Å². The Morgan fingerprint density at radius 3 is 2.44 bits per heavy atom. The van der Waals surface area contributed by atoms with Crippen LogP contribution in [0.3, 0.4) is 0 Å². The molecule has 0 bridgehead atoms. The van der Waals surface area contributed by atoms with Crippen LogP contribution in [0.1, 0.15) is 79.4 Å². The van der Waals surface area contributed by atoms with Crippen LogP contribution in [-0.2, 0) is 0 Å². The summed E-state index contributed by atoms with van der Waals surface area (Å²) in [6.07, 6.45) is 14.0. The Kier molecular flexibility index (Phi) is 5.62. The normalized spacial score (nSPS) is 19.3. The minimum Gasteiger partial charge on any atom is -0.356 e. The molecule has 146 valence electrons. The molecule has 2 aliphatic rings. The highest BCUT2D eigenvalue weighted by molar-refractivity contribution is 7.20. The number of amides is 1. The van der Waals surface area contributed by atoms with Gasteiger partial charge in [-0.1, -0.05) is 38.5 Å². The highest BCUT2D eigenvalue weighted by Gasteiger charge is 2.26. The molecule has 2 saturated carbocycles. The van der Waals surface area contributed by atoms with Crippen molar-refractivity contribution in [1.29, 1.82) is 0 Å². The average molecular weight is 387 g/mol. The predicted octanol–water partition coefficient (Wildman–Crippen LogP) is 4.83. The SMILES string of the molecule is Cc1c(C(=O)NC2CCCCC2)sc2ncnc(N(C)C3CCCCC3)c12.